The van der Waals surface area contributed by atoms with Crippen LogP contribution in [0.25, 0.3) is 0 Å². The third-order valence-corrected chi connectivity index (χ3v) is 4.45. The number of rotatable bonds is 4. The van der Waals surface area contributed by atoms with Crippen molar-refractivity contribution in [2.45, 2.75) is 24.2 Å². The molecule has 0 bridgehead atoms. The van der Waals surface area contributed by atoms with E-state index in [0.29, 0.717) is 10.9 Å². The molecule has 0 radical (unpaired) electrons. The monoisotopic (exact) mass is 304 g/mol. The van der Waals surface area contributed by atoms with Crippen molar-refractivity contribution >= 4 is 32.1 Å². The van der Waals surface area contributed by atoms with Crippen LogP contribution in [0.4, 0.5) is 0 Å². The van der Waals surface area contributed by atoms with Gasteiger partial charge in [-0.25, -0.2) is 8.42 Å². The highest BCUT2D eigenvalue weighted by atomic mass is 79.9. The molecule has 1 atom stereocenters. The maximum atomic E-state index is 11.4. The molecule has 0 aliphatic carbocycles. The largest absolute Gasteiger partial charge is 0.303 e. The molecule has 0 aromatic heterocycles. The van der Waals surface area contributed by atoms with Crippen LogP contribution in [0.2, 0.25) is 0 Å². The van der Waals surface area contributed by atoms with Gasteiger partial charge in [0, 0.05) is 17.1 Å². The fourth-order valence-corrected chi connectivity index (χ4v) is 3.41. The molecule has 1 unspecified atom stereocenters. The van der Waals surface area contributed by atoms with Crippen molar-refractivity contribution in [1.29, 1.82) is 0 Å². The lowest BCUT2D eigenvalue weighted by Gasteiger charge is -2.10. The first-order valence-electron chi connectivity index (χ1n) is 4.79. The zero-order chi connectivity index (χ0) is 12.3. The van der Waals surface area contributed by atoms with Crippen LogP contribution in [-0.4, -0.2) is 21.0 Å². The minimum atomic E-state index is -3.20. The standard InChI is InChI=1S/C11H13BrO3S/c1-8(5-6-13)9-3-4-11(10(12)7-9)16(2,14)15/h3-4,6-8H,5H2,1-2H3. The van der Waals surface area contributed by atoms with Gasteiger partial charge in [0.2, 0.25) is 0 Å². The second-order valence-corrected chi connectivity index (χ2v) is 6.60. The summed E-state index contributed by atoms with van der Waals surface area (Å²) in [4.78, 5) is 10.7. The minimum Gasteiger partial charge on any atom is -0.303 e. The number of carbonyl (C=O) groups is 1. The van der Waals surface area contributed by atoms with Crippen molar-refractivity contribution in [3.8, 4) is 0 Å². The summed E-state index contributed by atoms with van der Waals surface area (Å²) in [6.07, 6.45) is 2.47. The van der Waals surface area contributed by atoms with E-state index in [1.165, 1.54) is 6.26 Å². The van der Waals surface area contributed by atoms with Crippen molar-refractivity contribution in [2.75, 3.05) is 6.26 Å². The normalized spacial score (nSPS) is 13.4. The fraction of sp³-hybridized carbons (Fsp3) is 0.364. The Morgan fingerprint density at radius 1 is 1.44 bits per heavy atom. The number of hydrogen-bond acceptors (Lipinski definition) is 3. The zero-order valence-corrected chi connectivity index (χ0v) is 11.5. The Balaban J connectivity index is 3.14. The Labute approximate surface area is 104 Å². The third-order valence-electron chi connectivity index (χ3n) is 2.37. The van der Waals surface area contributed by atoms with Gasteiger partial charge >= 0.3 is 0 Å². The van der Waals surface area contributed by atoms with Crippen molar-refractivity contribution < 1.29 is 13.2 Å². The highest BCUT2D eigenvalue weighted by Gasteiger charge is 2.13. The number of aldehydes is 1. The van der Waals surface area contributed by atoms with Crippen LogP contribution < -0.4 is 0 Å². The van der Waals surface area contributed by atoms with E-state index in [0.717, 1.165) is 11.8 Å². The summed E-state index contributed by atoms with van der Waals surface area (Å²) in [5, 5.41) is 0. The first-order chi connectivity index (χ1) is 7.36. The van der Waals surface area contributed by atoms with Crippen molar-refractivity contribution in [3.63, 3.8) is 0 Å². The van der Waals surface area contributed by atoms with Gasteiger partial charge in [-0.05, 0) is 39.5 Å². The van der Waals surface area contributed by atoms with Crippen LogP contribution >= 0.6 is 15.9 Å². The van der Waals surface area contributed by atoms with E-state index in [9.17, 15) is 13.2 Å². The summed E-state index contributed by atoms with van der Waals surface area (Å²) in [6, 6.07) is 5.07. The first kappa shape index (κ1) is 13.4. The van der Waals surface area contributed by atoms with E-state index in [2.05, 4.69) is 15.9 Å². The Kier molecular flexibility index (Phi) is 4.27. The fourth-order valence-electron chi connectivity index (χ4n) is 1.40. The quantitative estimate of drug-likeness (QED) is 0.803. The number of benzene rings is 1. The molecule has 0 spiro atoms. The Morgan fingerprint density at radius 2 is 2.06 bits per heavy atom. The molecule has 0 fully saturated rings. The summed E-state index contributed by atoms with van der Waals surface area (Å²) in [5.74, 6) is 0.0995. The van der Waals surface area contributed by atoms with Crippen molar-refractivity contribution in [2.24, 2.45) is 0 Å². The molecule has 1 rings (SSSR count). The van der Waals surface area contributed by atoms with Crippen LogP contribution in [0.1, 0.15) is 24.8 Å². The van der Waals surface area contributed by atoms with Crippen LogP contribution in [0.3, 0.4) is 0 Å². The van der Waals surface area contributed by atoms with Gasteiger partial charge in [0.15, 0.2) is 9.84 Å². The molecule has 16 heavy (non-hydrogen) atoms. The summed E-state index contributed by atoms with van der Waals surface area (Å²) in [5.41, 5.74) is 0.950. The molecule has 0 aliphatic rings. The lowest BCUT2D eigenvalue weighted by atomic mass is 9.99. The van der Waals surface area contributed by atoms with Crippen LogP contribution in [-0.2, 0) is 14.6 Å². The molecule has 0 heterocycles. The van der Waals surface area contributed by atoms with Crippen LogP contribution in [0, 0.1) is 0 Å². The Bertz CT molecular complexity index is 494. The lowest BCUT2D eigenvalue weighted by Crippen LogP contribution is -2.00. The molecule has 0 amide bonds. The summed E-state index contributed by atoms with van der Waals surface area (Å²) < 4.78 is 23.3. The molecule has 1 aromatic rings. The third kappa shape index (κ3) is 3.15. The number of sulfone groups is 1. The molecule has 3 nitrogen and oxygen atoms in total. The highest BCUT2D eigenvalue weighted by Crippen LogP contribution is 2.27. The van der Waals surface area contributed by atoms with Crippen molar-refractivity contribution in [1.82, 2.24) is 0 Å². The van der Waals surface area contributed by atoms with Gasteiger partial charge in [0.05, 0.1) is 4.90 Å². The molecule has 0 saturated heterocycles. The van der Waals surface area contributed by atoms with Gasteiger partial charge in [-0.2, -0.15) is 0 Å². The number of halogens is 1. The second kappa shape index (κ2) is 5.10. The van der Waals surface area contributed by atoms with E-state index >= 15 is 0 Å². The van der Waals surface area contributed by atoms with Gasteiger partial charge in [0.1, 0.15) is 6.29 Å². The van der Waals surface area contributed by atoms with E-state index in [4.69, 9.17) is 0 Å². The van der Waals surface area contributed by atoms with Crippen molar-refractivity contribution in [3.05, 3.63) is 28.2 Å². The lowest BCUT2D eigenvalue weighted by molar-refractivity contribution is -0.108. The average molecular weight is 305 g/mol. The SMILES string of the molecule is CC(CC=O)c1ccc(S(C)(=O)=O)c(Br)c1. The molecule has 88 valence electrons. The maximum absolute atomic E-state index is 11.4. The Hall–Kier alpha value is -0.680. The summed E-state index contributed by atoms with van der Waals surface area (Å²) >= 11 is 3.23. The maximum Gasteiger partial charge on any atom is 0.176 e. The Morgan fingerprint density at radius 3 is 2.50 bits per heavy atom. The van der Waals surface area contributed by atoms with Crippen LogP contribution in [0.5, 0.6) is 0 Å². The molecule has 0 N–H and O–H groups in total. The second-order valence-electron chi connectivity index (χ2n) is 3.77. The molecule has 5 heteroatoms. The molecular formula is C11H13BrO3S. The smallest absolute Gasteiger partial charge is 0.176 e. The molecular weight excluding hydrogens is 292 g/mol. The topological polar surface area (TPSA) is 51.2 Å². The molecule has 0 saturated carbocycles. The van der Waals surface area contributed by atoms with Gasteiger partial charge in [-0.1, -0.05) is 13.0 Å². The van der Waals surface area contributed by atoms with Gasteiger partial charge < -0.3 is 4.79 Å². The number of carbonyl (C=O) groups excluding carboxylic acids is 1. The van der Waals surface area contributed by atoms with E-state index in [1.54, 1.807) is 18.2 Å². The first-order valence-corrected chi connectivity index (χ1v) is 7.48. The zero-order valence-electron chi connectivity index (χ0n) is 9.10. The predicted molar refractivity (Wildman–Crippen MR) is 66.3 cm³/mol. The minimum absolute atomic E-state index is 0.0995. The van der Waals surface area contributed by atoms with Gasteiger partial charge in [-0.3, -0.25) is 0 Å². The van der Waals surface area contributed by atoms with E-state index in [-0.39, 0.29) is 10.8 Å². The molecule has 1 aromatic carbocycles. The highest BCUT2D eigenvalue weighted by molar-refractivity contribution is 9.10. The summed E-state index contributed by atoms with van der Waals surface area (Å²) in [6.45, 7) is 1.93. The summed E-state index contributed by atoms with van der Waals surface area (Å²) in [7, 11) is -3.20. The van der Waals surface area contributed by atoms with Crippen LogP contribution in [0.15, 0.2) is 27.6 Å². The molecule has 0 aliphatic heterocycles. The number of hydrogen-bond donors (Lipinski definition) is 0. The van der Waals surface area contributed by atoms with E-state index in [1.807, 2.05) is 6.92 Å². The van der Waals surface area contributed by atoms with E-state index < -0.39 is 9.84 Å². The average Bonchev–Trinajstić information content (AvgIpc) is 2.16. The van der Waals surface area contributed by atoms with Gasteiger partial charge in [-0.15, -0.1) is 0 Å². The van der Waals surface area contributed by atoms with Gasteiger partial charge in [0.25, 0.3) is 0 Å². The predicted octanol–water partition coefficient (Wildman–Crippen LogP) is 2.55.